The van der Waals surface area contributed by atoms with E-state index >= 15 is 0 Å². The highest BCUT2D eigenvalue weighted by atomic mass is 35.5. The van der Waals surface area contributed by atoms with Gasteiger partial charge in [-0.1, -0.05) is 34.8 Å². The van der Waals surface area contributed by atoms with E-state index in [2.05, 4.69) is 10.3 Å². The Bertz CT molecular complexity index is 810. The summed E-state index contributed by atoms with van der Waals surface area (Å²) in [5.74, 6) is -0.748. The van der Waals surface area contributed by atoms with Crippen LogP contribution in [0.1, 0.15) is 13.8 Å². The summed E-state index contributed by atoms with van der Waals surface area (Å²) in [4.78, 5) is 28.0. The minimum Gasteiger partial charge on any atom is -0.476 e. The third-order valence-corrected chi connectivity index (χ3v) is 3.83. The fourth-order valence-corrected chi connectivity index (χ4v) is 2.37. The summed E-state index contributed by atoms with van der Waals surface area (Å²) < 4.78 is 10.6. The first kappa shape index (κ1) is 20.3. The van der Waals surface area contributed by atoms with Crippen molar-refractivity contribution in [2.75, 3.05) is 11.9 Å². The molecule has 0 aliphatic heterocycles. The summed E-state index contributed by atoms with van der Waals surface area (Å²) in [5.41, 5.74) is -1.30. The maximum absolute atomic E-state index is 12.2. The second-order valence-electron chi connectivity index (χ2n) is 5.67. The Balaban J connectivity index is 1.89. The molecule has 0 aliphatic carbocycles. The van der Waals surface area contributed by atoms with Gasteiger partial charge in [-0.25, -0.2) is 9.78 Å². The van der Waals surface area contributed by atoms with Crippen molar-refractivity contribution in [3.8, 4) is 5.75 Å². The predicted octanol–water partition coefficient (Wildman–Crippen LogP) is 4.38. The molecular weight excluding hydrogens is 403 g/mol. The zero-order valence-corrected chi connectivity index (χ0v) is 16.2. The molecule has 9 heteroatoms. The van der Waals surface area contributed by atoms with Gasteiger partial charge < -0.3 is 14.8 Å². The number of aromatic nitrogens is 1. The largest absolute Gasteiger partial charge is 0.476 e. The molecule has 26 heavy (non-hydrogen) atoms. The highest BCUT2D eigenvalue weighted by Gasteiger charge is 2.32. The molecule has 1 amide bonds. The summed E-state index contributed by atoms with van der Waals surface area (Å²) in [7, 11) is 0. The van der Waals surface area contributed by atoms with Crippen LogP contribution in [-0.2, 0) is 14.3 Å². The summed E-state index contributed by atoms with van der Waals surface area (Å²) in [6.45, 7) is 2.53. The van der Waals surface area contributed by atoms with Crippen LogP contribution in [0, 0.1) is 0 Å². The molecular formula is C17H15Cl3N2O4. The number of esters is 1. The minimum atomic E-state index is -1.30. The highest BCUT2D eigenvalue weighted by molar-refractivity contribution is 6.36. The molecule has 0 bridgehead atoms. The first-order valence-corrected chi connectivity index (χ1v) is 8.53. The monoisotopic (exact) mass is 416 g/mol. The summed E-state index contributed by atoms with van der Waals surface area (Å²) in [5, 5.41) is 3.48. The average molecular weight is 418 g/mol. The van der Waals surface area contributed by atoms with Crippen LogP contribution >= 0.6 is 34.8 Å². The smallest absolute Gasteiger partial charge is 0.350 e. The van der Waals surface area contributed by atoms with E-state index < -0.39 is 24.1 Å². The third-order valence-electron chi connectivity index (χ3n) is 3.08. The van der Waals surface area contributed by atoms with E-state index in [1.54, 1.807) is 24.3 Å². The molecule has 1 aromatic carbocycles. The Labute approximate surface area is 165 Å². The fourth-order valence-electron chi connectivity index (χ4n) is 1.82. The Morgan fingerprint density at radius 3 is 2.38 bits per heavy atom. The molecule has 2 rings (SSSR count). The van der Waals surface area contributed by atoms with Gasteiger partial charge in [-0.2, -0.15) is 0 Å². The van der Waals surface area contributed by atoms with Crippen LogP contribution in [0.5, 0.6) is 5.75 Å². The number of nitrogens with one attached hydrogen (secondary N) is 1. The standard InChI is InChI=1S/C17H15Cl3N2O4/c1-17(2,26-12-5-3-10(18)4-6-12)16(24)25-9-14(23)22-15-13(20)7-11(19)8-21-15/h3-8H,9H2,1-2H3,(H,21,22,23). The molecule has 0 saturated carbocycles. The number of pyridine rings is 1. The van der Waals surface area contributed by atoms with Gasteiger partial charge in [-0.3, -0.25) is 4.79 Å². The number of anilines is 1. The van der Waals surface area contributed by atoms with Crippen molar-refractivity contribution >= 4 is 52.5 Å². The SMILES string of the molecule is CC(C)(Oc1ccc(Cl)cc1)C(=O)OCC(=O)Nc1ncc(Cl)cc1Cl. The Hall–Kier alpha value is -2.02. The van der Waals surface area contributed by atoms with Crippen LogP contribution in [-0.4, -0.2) is 29.1 Å². The first-order chi connectivity index (χ1) is 12.2. The van der Waals surface area contributed by atoms with Gasteiger partial charge in [0, 0.05) is 11.2 Å². The topological polar surface area (TPSA) is 77.5 Å². The number of ether oxygens (including phenoxy) is 2. The Morgan fingerprint density at radius 2 is 1.77 bits per heavy atom. The maximum Gasteiger partial charge on any atom is 0.350 e. The number of carbonyl (C=O) groups is 2. The first-order valence-electron chi connectivity index (χ1n) is 7.40. The van der Waals surface area contributed by atoms with E-state index in [-0.39, 0.29) is 10.8 Å². The number of hydrogen-bond donors (Lipinski definition) is 1. The normalized spacial score (nSPS) is 11.0. The molecule has 1 N–H and O–H groups in total. The van der Waals surface area contributed by atoms with E-state index in [1.807, 2.05) is 0 Å². The summed E-state index contributed by atoms with van der Waals surface area (Å²) in [6, 6.07) is 7.95. The lowest BCUT2D eigenvalue weighted by Crippen LogP contribution is -2.41. The lowest BCUT2D eigenvalue weighted by Gasteiger charge is -2.24. The fraction of sp³-hybridized carbons (Fsp3) is 0.235. The molecule has 0 radical (unpaired) electrons. The van der Waals surface area contributed by atoms with Gasteiger partial charge in [-0.15, -0.1) is 0 Å². The van der Waals surface area contributed by atoms with Crippen molar-refractivity contribution in [2.24, 2.45) is 0 Å². The number of benzene rings is 1. The molecule has 0 unspecified atom stereocenters. The van der Waals surface area contributed by atoms with Crippen molar-refractivity contribution in [3.63, 3.8) is 0 Å². The van der Waals surface area contributed by atoms with Gasteiger partial charge in [-0.05, 0) is 44.2 Å². The molecule has 1 heterocycles. The molecule has 0 atom stereocenters. The van der Waals surface area contributed by atoms with Gasteiger partial charge in [0.2, 0.25) is 0 Å². The Kier molecular flexibility index (Phi) is 6.69. The van der Waals surface area contributed by atoms with Crippen LogP contribution in [0.3, 0.4) is 0 Å². The van der Waals surface area contributed by atoms with Gasteiger partial charge in [0.15, 0.2) is 18.0 Å². The van der Waals surface area contributed by atoms with Gasteiger partial charge in [0.25, 0.3) is 5.91 Å². The number of nitrogens with zero attached hydrogens (tertiary/aromatic N) is 1. The van der Waals surface area contributed by atoms with Gasteiger partial charge >= 0.3 is 5.97 Å². The van der Waals surface area contributed by atoms with E-state index in [0.717, 1.165) is 0 Å². The highest BCUT2D eigenvalue weighted by Crippen LogP contribution is 2.23. The molecule has 1 aromatic heterocycles. The number of rotatable bonds is 6. The van der Waals surface area contributed by atoms with Crippen LogP contribution < -0.4 is 10.1 Å². The van der Waals surface area contributed by atoms with Gasteiger partial charge in [0.1, 0.15) is 5.75 Å². The molecule has 6 nitrogen and oxygen atoms in total. The molecule has 0 spiro atoms. The van der Waals surface area contributed by atoms with Crippen molar-refractivity contribution in [1.82, 2.24) is 4.98 Å². The quantitative estimate of drug-likeness (QED) is 0.706. The lowest BCUT2D eigenvalue weighted by atomic mass is 10.1. The van der Waals surface area contributed by atoms with Crippen LogP contribution in [0.25, 0.3) is 0 Å². The van der Waals surface area contributed by atoms with Crippen molar-refractivity contribution in [1.29, 1.82) is 0 Å². The third kappa shape index (κ3) is 5.76. The van der Waals surface area contributed by atoms with Gasteiger partial charge in [0.05, 0.1) is 10.0 Å². The zero-order valence-electron chi connectivity index (χ0n) is 13.9. The lowest BCUT2D eigenvalue weighted by molar-refractivity contribution is -0.161. The average Bonchev–Trinajstić information content (AvgIpc) is 2.57. The van der Waals surface area contributed by atoms with Crippen molar-refractivity contribution in [2.45, 2.75) is 19.4 Å². The molecule has 0 aliphatic rings. The second kappa shape index (κ2) is 8.58. The van der Waals surface area contributed by atoms with E-state index in [9.17, 15) is 9.59 Å². The van der Waals surface area contributed by atoms with Crippen molar-refractivity contribution < 1.29 is 19.1 Å². The molecule has 138 valence electrons. The van der Waals surface area contributed by atoms with Crippen LogP contribution in [0.4, 0.5) is 5.82 Å². The number of hydrogen-bond acceptors (Lipinski definition) is 5. The maximum atomic E-state index is 12.2. The second-order valence-corrected chi connectivity index (χ2v) is 6.95. The number of amides is 1. The van der Waals surface area contributed by atoms with Crippen molar-refractivity contribution in [3.05, 3.63) is 51.6 Å². The summed E-state index contributed by atoms with van der Waals surface area (Å²) >= 11 is 17.4. The predicted molar refractivity (Wildman–Crippen MR) is 100 cm³/mol. The van der Waals surface area contributed by atoms with Crippen LogP contribution in [0.15, 0.2) is 36.5 Å². The van der Waals surface area contributed by atoms with E-state index in [0.29, 0.717) is 15.8 Å². The molecule has 2 aromatic rings. The molecule has 0 saturated heterocycles. The van der Waals surface area contributed by atoms with E-state index in [1.165, 1.54) is 26.1 Å². The van der Waals surface area contributed by atoms with E-state index in [4.69, 9.17) is 44.3 Å². The zero-order chi connectivity index (χ0) is 19.3. The minimum absolute atomic E-state index is 0.119. The van der Waals surface area contributed by atoms with Crippen LogP contribution in [0.2, 0.25) is 15.1 Å². The number of carbonyl (C=O) groups excluding carboxylic acids is 2. The summed E-state index contributed by atoms with van der Waals surface area (Å²) in [6.07, 6.45) is 1.33. The Morgan fingerprint density at radius 1 is 1.12 bits per heavy atom. The molecule has 0 fully saturated rings. The number of halogens is 3.